The summed E-state index contributed by atoms with van der Waals surface area (Å²) in [4.78, 5) is 0. The van der Waals surface area contributed by atoms with E-state index in [0.29, 0.717) is 0 Å². The molecule has 1 aliphatic heterocycles. The van der Waals surface area contributed by atoms with Crippen molar-refractivity contribution in [2.75, 3.05) is 0 Å². The van der Waals surface area contributed by atoms with Gasteiger partial charge in [0.2, 0.25) is 0 Å². The molecule has 0 aromatic heterocycles. The van der Waals surface area contributed by atoms with E-state index in [-0.39, 0.29) is 39.9 Å². The van der Waals surface area contributed by atoms with Gasteiger partial charge in [-0.2, -0.15) is 0 Å². The minimum absolute atomic E-state index is 0.129. The molecule has 4 fully saturated rings. The number of rotatable bonds is 2. The molecule has 0 N–H and O–H groups in total. The lowest BCUT2D eigenvalue weighted by Gasteiger charge is -2.71. The summed E-state index contributed by atoms with van der Waals surface area (Å²) in [7, 11) is -0.129. The molecule has 2 bridgehead atoms. The third-order valence-electron chi connectivity index (χ3n) is 6.36. The van der Waals surface area contributed by atoms with Crippen LogP contribution < -0.4 is 0 Å². The summed E-state index contributed by atoms with van der Waals surface area (Å²) < 4.78 is 25.8. The van der Waals surface area contributed by atoms with Crippen molar-refractivity contribution in [2.45, 2.75) is 68.9 Å². The summed E-state index contributed by atoms with van der Waals surface area (Å²) in [5.41, 5.74) is 0.747. The summed E-state index contributed by atoms with van der Waals surface area (Å²) in [6.07, 6.45) is 3.12. The molecular formula is C17H21BClFO2. The van der Waals surface area contributed by atoms with Gasteiger partial charge in [-0.15, -0.1) is 0 Å². The van der Waals surface area contributed by atoms with Crippen molar-refractivity contribution < 1.29 is 13.7 Å². The quantitative estimate of drug-likeness (QED) is 0.732. The lowest BCUT2D eigenvalue weighted by molar-refractivity contribution is -0.0383. The number of halogens is 2. The highest BCUT2D eigenvalue weighted by Gasteiger charge is 2.76. The lowest BCUT2D eigenvalue weighted by atomic mass is 9.23. The fourth-order valence-electron chi connectivity index (χ4n) is 4.34. The van der Waals surface area contributed by atoms with Gasteiger partial charge in [-0.25, -0.2) is 4.39 Å². The van der Waals surface area contributed by atoms with Gasteiger partial charge in [-0.1, -0.05) is 17.7 Å². The first kappa shape index (κ1) is 15.0. The first-order valence-corrected chi connectivity index (χ1v) is 8.28. The van der Waals surface area contributed by atoms with Gasteiger partial charge in [0.1, 0.15) is 5.82 Å². The Labute approximate surface area is 136 Å². The van der Waals surface area contributed by atoms with Gasteiger partial charge in [0.05, 0.1) is 16.2 Å². The molecule has 0 unspecified atom stereocenters. The summed E-state index contributed by atoms with van der Waals surface area (Å²) in [5, 5.41) is 0.346. The van der Waals surface area contributed by atoms with Crippen molar-refractivity contribution >= 4 is 18.7 Å². The van der Waals surface area contributed by atoms with E-state index in [0.717, 1.165) is 24.8 Å². The van der Waals surface area contributed by atoms with Crippen molar-refractivity contribution in [1.29, 1.82) is 0 Å². The second-order valence-electron chi connectivity index (χ2n) is 8.39. The van der Waals surface area contributed by atoms with E-state index in [2.05, 4.69) is 27.7 Å². The van der Waals surface area contributed by atoms with Crippen LogP contribution in [0.3, 0.4) is 0 Å². The summed E-state index contributed by atoms with van der Waals surface area (Å²) in [6.45, 7) is 8.36. The van der Waals surface area contributed by atoms with Crippen molar-refractivity contribution in [2.24, 2.45) is 0 Å². The molecule has 3 aliphatic carbocycles. The SMILES string of the molecule is CC1(C)OB(C23CC(c4ccc(F)c(Cl)c4)(C2)C3)OC1(C)C. The van der Waals surface area contributed by atoms with Crippen molar-refractivity contribution in [3.8, 4) is 0 Å². The van der Waals surface area contributed by atoms with Gasteiger partial charge in [0, 0.05) is 5.31 Å². The number of hydrogen-bond acceptors (Lipinski definition) is 2. The Morgan fingerprint density at radius 3 is 2.09 bits per heavy atom. The first-order chi connectivity index (χ1) is 10.1. The number of hydrogen-bond donors (Lipinski definition) is 0. The molecule has 0 amide bonds. The van der Waals surface area contributed by atoms with E-state index in [1.807, 2.05) is 6.07 Å². The van der Waals surface area contributed by atoms with Gasteiger partial charge in [-0.3, -0.25) is 0 Å². The molecule has 5 rings (SSSR count). The van der Waals surface area contributed by atoms with E-state index in [4.69, 9.17) is 20.9 Å². The minimum Gasteiger partial charge on any atom is -0.403 e. The molecule has 5 heteroatoms. The second kappa shape index (κ2) is 4.09. The van der Waals surface area contributed by atoms with Gasteiger partial charge in [0.15, 0.2) is 0 Å². The Morgan fingerprint density at radius 2 is 1.59 bits per heavy atom. The Kier molecular flexibility index (Phi) is 2.78. The molecule has 0 spiro atoms. The molecule has 0 atom stereocenters. The van der Waals surface area contributed by atoms with Crippen LogP contribution >= 0.6 is 11.6 Å². The largest absolute Gasteiger partial charge is 0.464 e. The molecule has 1 saturated heterocycles. The molecule has 0 radical (unpaired) electrons. The fourth-order valence-corrected chi connectivity index (χ4v) is 4.52. The molecular weight excluding hydrogens is 301 g/mol. The predicted molar refractivity (Wildman–Crippen MR) is 85.7 cm³/mol. The highest BCUT2D eigenvalue weighted by molar-refractivity contribution is 6.51. The maximum Gasteiger partial charge on any atom is 0.464 e. The molecule has 4 aliphatic rings. The fraction of sp³-hybridized carbons (Fsp3) is 0.647. The second-order valence-corrected chi connectivity index (χ2v) is 8.80. The average molecular weight is 323 g/mol. The standard InChI is InChI=1S/C17H21BClFO2/c1-14(2)15(3,4)22-18(21-14)17-8-16(9-17,10-17)11-5-6-13(20)12(19)7-11/h5-7H,8-10H2,1-4H3. The molecule has 3 saturated carbocycles. The predicted octanol–water partition coefficient (Wildman–Crippen LogP) is 4.75. The van der Waals surface area contributed by atoms with Crippen LogP contribution in [0.15, 0.2) is 18.2 Å². The first-order valence-electron chi connectivity index (χ1n) is 7.91. The Bertz CT molecular complexity index is 622. The molecule has 22 heavy (non-hydrogen) atoms. The van der Waals surface area contributed by atoms with Crippen LogP contribution in [-0.2, 0) is 14.7 Å². The van der Waals surface area contributed by atoms with Gasteiger partial charge in [0.25, 0.3) is 0 Å². The molecule has 118 valence electrons. The van der Waals surface area contributed by atoms with Crippen LogP contribution in [0.2, 0.25) is 10.3 Å². The van der Waals surface area contributed by atoms with Crippen LogP contribution in [0, 0.1) is 5.82 Å². The normalized spacial score (nSPS) is 37.6. The zero-order valence-corrected chi connectivity index (χ0v) is 14.3. The third-order valence-corrected chi connectivity index (χ3v) is 6.65. The molecule has 1 heterocycles. The van der Waals surface area contributed by atoms with E-state index in [1.165, 1.54) is 6.07 Å². The smallest absolute Gasteiger partial charge is 0.403 e. The van der Waals surface area contributed by atoms with Crippen molar-refractivity contribution in [3.63, 3.8) is 0 Å². The van der Waals surface area contributed by atoms with Gasteiger partial charge >= 0.3 is 7.12 Å². The molecule has 1 aromatic carbocycles. The zero-order valence-electron chi connectivity index (χ0n) is 13.5. The topological polar surface area (TPSA) is 18.5 Å². The van der Waals surface area contributed by atoms with Gasteiger partial charge in [-0.05, 0) is 70.1 Å². The Hall–Kier alpha value is -0.575. The summed E-state index contributed by atoms with van der Waals surface area (Å²) >= 11 is 5.93. The van der Waals surface area contributed by atoms with E-state index >= 15 is 0 Å². The summed E-state index contributed by atoms with van der Waals surface area (Å²) in [6, 6.07) is 5.12. The van der Waals surface area contributed by atoms with Crippen molar-refractivity contribution in [3.05, 3.63) is 34.6 Å². The van der Waals surface area contributed by atoms with Crippen LogP contribution in [0.4, 0.5) is 4.39 Å². The van der Waals surface area contributed by atoms with Crippen LogP contribution in [0.5, 0.6) is 0 Å². The third kappa shape index (κ3) is 1.75. The van der Waals surface area contributed by atoms with Crippen LogP contribution in [0.1, 0.15) is 52.5 Å². The van der Waals surface area contributed by atoms with Gasteiger partial charge < -0.3 is 9.31 Å². The monoisotopic (exact) mass is 322 g/mol. The maximum atomic E-state index is 13.3. The van der Waals surface area contributed by atoms with Crippen LogP contribution in [0.25, 0.3) is 0 Å². The van der Waals surface area contributed by atoms with E-state index in [9.17, 15) is 4.39 Å². The Balaban J connectivity index is 1.51. The van der Waals surface area contributed by atoms with E-state index < -0.39 is 0 Å². The minimum atomic E-state index is -0.349. The Morgan fingerprint density at radius 1 is 1.05 bits per heavy atom. The van der Waals surface area contributed by atoms with Crippen LogP contribution in [-0.4, -0.2) is 18.3 Å². The number of benzene rings is 1. The highest BCUT2D eigenvalue weighted by atomic mass is 35.5. The molecule has 1 aromatic rings. The van der Waals surface area contributed by atoms with E-state index in [1.54, 1.807) is 6.07 Å². The highest BCUT2D eigenvalue weighted by Crippen LogP contribution is 2.80. The summed E-state index contributed by atoms with van der Waals surface area (Å²) in [5.74, 6) is -0.349. The molecule has 2 nitrogen and oxygen atoms in total. The van der Waals surface area contributed by atoms with Crippen molar-refractivity contribution in [1.82, 2.24) is 0 Å². The zero-order chi connectivity index (χ0) is 16.0. The average Bonchev–Trinajstić information content (AvgIpc) is 2.49. The lowest BCUT2D eigenvalue weighted by Crippen LogP contribution is -2.66. The maximum absolute atomic E-state index is 13.3.